The van der Waals surface area contributed by atoms with Gasteiger partial charge in [0.15, 0.2) is 11.5 Å². The molecule has 0 heterocycles. The van der Waals surface area contributed by atoms with Crippen LogP contribution < -0.4 is 24.7 Å². The quantitative estimate of drug-likeness (QED) is 0.795. The van der Waals surface area contributed by atoms with E-state index >= 15 is 0 Å². The number of hydrogen-bond acceptors (Lipinski definition) is 5. The lowest BCUT2D eigenvalue weighted by Gasteiger charge is -2.19. The Bertz CT molecular complexity index is 690. The van der Waals surface area contributed by atoms with Gasteiger partial charge in [-0.05, 0) is 54.8 Å². The van der Waals surface area contributed by atoms with E-state index in [2.05, 4.69) is 12.1 Å². The molecule has 0 radical (unpaired) electrons. The smallest absolute Gasteiger partial charge is 0.203 e. The van der Waals surface area contributed by atoms with Crippen molar-refractivity contribution in [1.29, 1.82) is 0 Å². The summed E-state index contributed by atoms with van der Waals surface area (Å²) in [6.45, 7) is 2.58. The Labute approximate surface area is 149 Å². The highest BCUT2D eigenvalue weighted by Crippen LogP contribution is 2.39. The second-order valence-electron chi connectivity index (χ2n) is 5.90. The molecule has 25 heavy (non-hydrogen) atoms. The van der Waals surface area contributed by atoms with Crippen molar-refractivity contribution in [2.24, 2.45) is 5.73 Å². The van der Waals surface area contributed by atoms with Crippen molar-refractivity contribution in [3.8, 4) is 23.0 Å². The first-order valence-electron chi connectivity index (χ1n) is 8.21. The molecule has 2 N–H and O–H groups in total. The van der Waals surface area contributed by atoms with Gasteiger partial charge >= 0.3 is 0 Å². The van der Waals surface area contributed by atoms with Crippen molar-refractivity contribution in [2.45, 2.75) is 19.3 Å². The predicted molar refractivity (Wildman–Crippen MR) is 99.3 cm³/mol. The average Bonchev–Trinajstić information content (AvgIpc) is 2.64. The SMILES string of the molecule is COc1ccc(C(CN)Cc2cc(OC)c(OC)c(OC)c2)cc1C. The van der Waals surface area contributed by atoms with E-state index in [0.717, 1.165) is 23.3 Å². The Morgan fingerprint density at radius 2 is 1.44 bits per heavy atom. The number of aryl methyl sites for hydroxylation is 1. The van der Waals surface area contributed by atoms with Crippen molar-refractivity contribution in [3.05, 3.63) is 47.0 Å². The molecule has 0 aliphatic rings. The van der Waals surface area contributed by atoms with Crippen molar-refractivity contribution in [1.82, 2.24) is 0 Å². The fraction of sp³-hybridized carbons (Fsp3) is 0.400. The zero-order valence-electron chi connectivity index (χ0n) is 15.6. The maximum atomic E-state index is 6.05. The molecule has 0 aliphatic heterocycles. The molecule has 0 amide bonds. The van der Waals surface area contributed by atoms with Gasteiger partial charge in [-0.1, -0.05) is 12.1 Å². The molecule has 5 nitrogen and oxygen atoms in total. The van der Waals surface area contributed by atoms with Gasteiger partial charge in [0.25, 0.3) is 0 Å². The molecule has 0 saturated carbocycles. The largest absolute Gasteiger partial charge is 0.496 e. The molecule has 2 aromatic carbocycles. The number of hydrogen-bond donors (Lipinski definition) is 1. The van der Waals surface area contributed by atoms with Crippen LogP contribution in [0.5, 0.6) is 23.0 Å². The second-order valence-corrected chi connectivity index (χ2v) is 5.90. The third-order valence-electron chi connectivity index (χ3n) is 4.38. The van der Waals surface area contributed by atoms with Gasteiger partial charge in [0.2, 0.25) is 5.75 Å². The zero-order chi connectivity index (χ0) is 18.4. The van der Waals surface area contributed by atoms with Gasteiger partial charge in [0.1, 0.15) is 5.75 Å². The van der Waals surface area contributed by atoms with Crippen LogP contribution in [0.4, 0.5) is 0 Å². The molecular weight excluding hydrogens is 318 g/mol. The minimum absolute atomic E-state index is 0.187. The van der Waals surface area contributed by atoms with Crippen LogP contribution >= 0.6 is 0 Å². The zero-order valence-corrected chi connectivity index (χ0v) is 15.6. The molecule has 0 aromatic heterocycles. The molecule has 0 aliphatic carbocycles. The molecule has 0 saturated heterocycles. The number of rotatable bonds is 8. The first-order valence-corrected chi connectivity index (χ1v) is 8.21. The number of nitrogens with two attached hydrogens (primary N) is 1. The third kappa shape index (κ3) is 4.17. The summed E-state index contributed by atoms with van der Waals surface area (Å²) < 4.78 is 21.6. The Hall–Kier alpha value is -2.40. The Morgan fingerprint density at radius 1 is 0.840 bits per heavy atom. The van der Waals surface area contributed by atoms with Crippen LogP contribution in [0.25, 0.3) is 0 Å². The van der Waals surface area contributed by atoms with E-state index in [1.165, 1.54) is 5.56 Å². The summed E-state index contributed by atoms with van der Waals surface area (Å²) in [6.07, 6.45) is 0.777. The van der Waals surface area contributed by atoms with Gasteiger partial charge in [-0.3, -0.25) is 0 Å². The lowest BCUT2D eigenvalue weighted by Crippen LogP contribution is -2.15. The highest BCUT2D eigenvalue weighted by atomic mass is 16.5. The first kappa shape index (κ1) is 18.9. The van der Waals surface area contributed by atoms with Crippen molar-refractivity contribution >= 4 is 0 Å². The van der Waals surface area contributed by atoms with Crippen LogP contribution in [0.2, 0.25) is 0 Å². The van der Waals surface area contributed by atoms with Crippen LogP contribution in [0, 0.1) is 6.92 Å². The summed E-state index contributed by atoms with van der Waals surface area (Å²) in [5.74, 6) is 2.97. The lowest BCUT2D eigenvalue weighted by atomic mass is 9.90. The fourth-order valence-electron chi connectivity index (χ4n) is 3.03. The van der Waals surface area contributed by atoms with E-state index in [1.807, 2.05) is 25.1 Å². The highest BCUT2D eigenvalue weighted by Gasteiger charge is 2.17. The normalized spacial score (nSPS) is 11.8. The van der Waals surface area contributed by atoms with Gasteiger partial charge in [0, 0.05) is 5.92 Å². The summed E-state index contributed by atoms with van der Waals surface area (Å²) in [5.41, 5.74) is 9.42. The van der Waals surface area contributed by atoms with Gasteiger partial charge in [-0.15, -0.1) is 0 Å². The Balaban J connectivity index is 2.34. The van der Waals surface area contributed by atoms with Crippen LogP contribution in [-0.2, 0) is 6.42 Å². The molecular formula is C20H27NO4. The molecule has 2 aromatic rings. The second kappa shape index (κ2) is 8.62. The third-order valence-corrected chi connectivity index (χ3v) is 4.38. The van der Waals surface area contributed by atoms with Crippen LogP contribution in [0.15, 0.2) is 30.3 Å². The average molecular weight is 345 g/mol. The van der Waals surface area contributed by atoms with Gasteiger partial charge in [0.05, 0.1) is 28.4 Å². The maximum Gasteiger partial charge on any atom is 0.203 e. The molecule has 136 valence electrons. The molecule has 5 heteroatoms. The molecule has 0 spiro atoms. The lowest BCUT2D eigenvalue weighted by molar-refractivity contribution is 0.323. The van der Waals surface area contributed by atoms with Crippen molar-refractivity contribution in [2.75, 3.05) is 35.0 Å². The highest BCUT2D eigenvalue weighted by molar-refractivity contribution is 5.54. The molecule has 0 bridgehead atoms. The number of methoxy groups -OCH3 is 4. The van der Waals surface area contributed by atoms with Gasteiger partial charge < -0.3 is 24.7 Å². The minimum Gasteiger partial charge on any atom is -0.496 e. The van der Waals surface area contributed by atoms with Crippen molar-refractivity contribution < 1.29 is 18.9 Å². The van der Waals surface area contributed by atoms with Gasteiger partial charge in [-0.25, -0.2) is 0 Å². The Kier molecular flexibility index (Phi) is 6.53. The summed E-state index contributed by atoms with van der Waals surface area (Å²) in [6, 6.07) is 10.1. The summed E-state index contributed by atoms with van der Waals surface area (Å²) in [5, 5.41) is 0. The minimum atomic E-state index is 0.187. The van der Waals surface area contributed by atoms with E-state index in [-0.39, 0.29) is 5.92 Å². The number of benzene rings is 2. The van der Waals surface area contributed by atoms with E-state index in [0.29, 0.717) is 23.8 Å². The monoisotopic (exact) mass is 345 g/mol. The fourth-order valence-corrected chi connectivity index (χ4v) is 3.03. The van der Waals surface area contributed by atoms with E-state index < -0.39 is 0 Å². The molecule has 1 atom stereocenters. The van der Waals surface area contributed by atoms with Crippen LogP contribution in [0.1, 0.15) is 22.6 Å². The van der Waals surface area contributed by atoms with E-state index in [4.69, 9.17) is 24.7 Å². The predicted octanol–water partition coefficient (Wildman–Crippen LogP) is 3.31. The van der Waals surface area contributed by atoms with E-state index in [9.17, 15) is 0 Å². The van der Waals surface area contributed by atoms with Crippen molar-refractivity contribution in [3.63, 3.8) is 0 Å². The first-order chi connectivity index (χ1) is 12.1. The molecule has 2 rings (SSSR count). The number of ether oxygens (including phenoxy) is 4. The van der Waals surface area contributed by atoms with E-state index in [1.54, 1.807) is 28.4 Å². The Morgan fingerprint density at radius 3 is 1.88 bits per heavy atom. The summed E-state index contributed by atoms with van der Waals surface area (Å²) >= 11 is 0. The maximum absolute atomic E-state index is 6.05. The standard InChI is InChI=1S/C20H27NO4/c1-13-8-15(6-7-17(13)22-2)16(12-21)9-14-10-18(23-3)20(25-5)19(11-14)24-4/h6-8,10-11,16H,9,12,21H2,1-5H3. The van der Waals surface area contributed by atoms with Gasteiger partial charge in [-0.2, -0.15) is 0 Å². The van der Waals surface area contributed by atoms with Crippen LogP contribution in [-0.4, -0.2) is 35.0 Å². The molecule has 0 fully saturated rings. The topological polar surface area (TPSA) is 62.9 Å². The summed E-state index contributed by atoms with van der Waals surface area (Å²) in [7, 11) is 6.52. The summed E-state index contributed by atoms with van der Waals surface area (Å²) in [4.78, 5) is 0. The molecule has 1 unspecified atom stereocenters. The van der Waals surface area contributed by atoms with Crippen LogP contribution in [0.3, 0.4) is 0 Å².